The van der Waals surface area contributed by atoms with Gasteiger partial charge in [0.25, 0.3) is 0 Å². The van der Waals surface area contributed by atoms with Crippen molar-refractivity contribution in [3.63, 3.8) is 0 Å². The highest BCUT2D eigenvalue weighted by Crippen LogP contribution is 2.15. The number of imidazole rings is 1. The molecule has 3 aromatic heterocycles. The second-order valence-electron chi connectivity index (χ2n) is 3.02. The first-order chi connectivity index (χ1) is 7.90. The SMILES string of the molecule is ClCc1ncnn1-c1ncnc2nc[nH]c12. The van der Waals surface area contributed by atoms with E-state index in [0.717, 1.165) is 0 Å². The number of H-pyrrole nitrogens is 1. The van der Waals surface area contributed by atoms with Gasteiger partial charge in [0.15, 0.2) is 11.5 Å². The van der Waals surface area contributed by atoms with Crippen LogP contribution in [0, 0.1) is 0 Å². The lowest BCUT2D eigenvalue weighted by Gasteiger charge is -2.02. The average molecular weight is 236 g/mol. The molecule has 0 unspecified atom stereocenters. The molecule has 0 bridgehead atoms. The van der Waals surface area contributed by atoms with Gasteiger partial charge in [-0.1, -0.05) is 0 Å². The minimum Gasteiger partial charge on any atom is -0.340 e. The quantitative estimate of drug-likeness (QED) is 0.660. The van der Waals surface area contributed by atoms with Gasteiger partial charge < -0.3 is 4.98 Å². The lowest BCUT2D eigenvalue weighted by molar-refractivity contribution is 0.806. The third kappa shape index (κ3) is 1.25. The number of hydrogen-bond acceptors (Lipinski definition) is 5. The van der Waals surface area contributed by atoms with E-state index in [1.54, 1.807) is 11.0 Å². The summed E-state index contributed by atoms with van der Waals surface area (Å²) in [6.45, 7) is 0. The zero-order chi connectivity index (χ0) is 11.0. The predicted molar refractivity (Wildman–Crippen MR) is 56.2 cm³/mol. The summed E-state index contributed by atoms with van der Waals surface area (Å²) in [6, 6.07) is 0. The van der Waals surface area contributed by atoms with Gasteiger partial charge >= 0.3 is 0 Å². The monoisotopic (exact) mass is 235 g/mol. The molecule has 0 aliphatic carbocycles. The predicted octanol–water partition coefficient (Wildman–Crippen LogP) is 0.672. The standard InChI is InChI=1S/C8H6ClN7/c9-1-5-10-4-15-16(5)8-6-7(12-2-11-6)13-3-14-8/h2-4H,1H2,(H,11,12,13,14). The first-order valence-corrected chi connectivity index (χ1v) is 5.03. The fourth-order valence-electron chi connectivity index (χ4n) is 1.45. The van der Waals surface area contributed by atoms with E-state index in [1.165, 1.54) is 12.7 Å². The van der Waals surface area contributed by atoms with Crippen molar-refractivity contribution in [3.8, 4) is 5.82 Å². The Balaban J connectivity index is 2.29. The molecule has 0 aliphatic rings. The Morgan fingerprint density at radius 3 is 3.00 bits per heavy atom. The molecule has 3 aromatic rings. The van der Waals surface area contributed by atoms with Gasteiger partial charge in [-0.2, -0.15) is 9.78 Å². The van der Waals surface area contributed by atoms with E-state index in [1.807, 2.05) is 0 Å². The third-order valence-electron chi connectivity index (χ3n) is 2.14. The Morgan fingerprint density at radius 1 is 1.19 bits per heavy atom. The van der Waals surface area contributed by atoms with Crippen LogP contribution in [-0.2, 0) is 5.88 Å². The molecule has 0 spiro atoms. The lowest BCUT2D eigenvalue weighted by Crippen LogP contribution is -2.05. The molecular formula is C8H6ClN7. The van der Waals surface area contributed by atoms with Gasteiger partial charge in [-0.3, -0.25) is 0 Å². The zero-order valence-electron chi connectivity index (χ0n) is 8.00. The van der Waals surface area contributed by atoms with E-state index < -0.39 is 0 Å². The van der Waals surface area contributed by atoms with Gasteiger partial charge in [0.1, 0.15) is 24.0 Å². The molecule has 80 valence electrons. The number of halogens is 1. The molecule has 3 heterocycles. The summed E-state index contributed by atoms with van der Waals surface area (Å²) in [5, 5.41) is 4.07. The van der Waals surface area contributed by atoms with Crippen LogP contribution in [0.1, 0.15) is 5.82 Å². The summed E-state index contributed by atoms with van der Waals surface area (Å²) in [4.78, 5) is 19.2. The summed E-state index contributed by atoms with van der Waals surface area (Å²) >= 11 is 5.76. The second kappa shape index (κ2) is 3.53. The van der Waals surface area contributed by atoms with E-state index in [0.29, 0.717) is 22.8 Å². The normalized spacial score (nSPS) is 11.1. The summed E-state index contributed by atoms with van der Waals surface area (Å²) in [5.41, 5.74) is 1.29. The molecule has 7 nitrogen and oxygen atoms in total. The highest BCUT2D eigenvalue weighted by Gasteiger charge is 2.12. The Bertz CT molecular complexity index is 628. The number of aromatic nitrogens is 7. The lowest BCUT2D eigenvalue weighted by atomic mass is 10.5. The van der Waals surface area contributed by atoms with E-state index >= 15 is 0 Å². The van der Waals surface area contributed by atoms with Crippen LogP contribution in [0.2, 0.25) is 0 Å². The van der Waals surface area contributed by atoms with Gasteiger partial charge in [0, 0.05) is 0 Å². The minimum atomic E-state index is 0.264. The highest BCUT2D eigenvalue weighted by atomic mass is 35.5. The largest absolute Gasteiger partial charge is 0.340 e. The maximum absolute atomic E-state index is 5.76. The molecule has 0 aromatic carbocycles. The smallest absolute Gasteiger partial charge is 0.184 e. The number of aromatic amines is 1. The summed E-state index contributed by atoms with van der Waals surface area (Å²) < 4.78 is 1.56. The van der Waals surface area contributed by atoms with Crippen LogP contribution >= 0.6 is 11.6 Å². The number of fused-ring (bicyclic) bond motifs is 1. The van der Waals surface area contributed by atoms with Crippen LogP contribution in [0.25, 0.3) is 17.0 Å². The third-order valence-corrected chi connectivity index (χ3v) is 2.38. The van der Waals surface area contributed by atoms with Crippen LogP contribution < -0.4 is 0 Å². The van der Waals surface area contributed by atoms with Crippen LogP contribution in [0.3, 0.4) is 0 Å². The van der Waals surface area contributed by atoms with Crippen molar-refractivity contribution in [2.45, 2.75) is 5.88 Å². The van der Waals surface area contributed by atoms with Crippen molar-refractivity contribution in [1.82, 2.24) is 34.7 Å². The van der Waals surface area contributed by atoms with Crippen molar-refractivity contribution < 1.29 is 0 Å². The first-order valence-electron chi connectivity index (χ1n) is 4.49. The van der Waals surface area contributed by atoms with Crippen LogP contribution in [0.4, 0.5) is 0 Å². The molecule has 3 rings (SSSR count). The summed E-state index contributed by atoms with van der Waals surface area (Å²) in [7, 11) is 0. The van der Waals surface area contributed by atoms with Crippen molar-refractivity contribution in [2.24, 2.45) is 0 Å². The van der Waals surface area contributed by atoms with Gasteiger partial charge in [-0.15, -0.1) is 11.6 Å². The van der Waals surface area contributed by atoms with Crippen LogP contribution in [0.5, 0.6) is 0 Å². The Labute approximate surface area is 94.5 Å². The summed E-state index contributed by atoms with van der Waals surface area (Å²) in [5.74, 6) is 1.48. The van der Waals surface area contributed by atoms with Crippen molar-refractivity contribution >= 4 is 22.8 Å². The fraction of sp³-hybridized carbons (Fsp3) is 0.125. The van der Waals surface area contributed by atoms with Crippen molar-refractivity contribution in [3.05, 3.63) is 24.8 Å². The van der Waals surface area contributed by atoms with E-state index in [9.17, 15) is 0 Å². The number of rotatable bonds is 2. The maximum Gasteiger partial charge on any atom is 0.184 e. The molecule has 8 heteroatoms. The molecular weight excluding hydrogens is 230 g/mol. The fourth-order valence-corrected chi connectivity index (χ4v) is 1.63. The zero-order valence-corrected chi connectivity index (χ0v) is 8.76. The van der Waals surface area contributed by atoms with Crippen molar-refractivity contribution in [2.75, 3.05) is 0 Å². The summed E-state index contributed by atoms with van der Waals surface area (Å²) in [6.07, 6.45) is 4.42. The number of nitrogens with one attached hydrogen (secondary N) is 1. The Hall–Kier alpha value is -2.02. The van der Waals surface area contributed by atoms with Gasteiger partial charge in [-0.25, -0.2) is 19.9 Å². The van der Waals surface area contributed by atoms with Gasteiger partial charge in [0.05, 0.1) is 12.2 Å². The number of hydrogen-bond donors (Lipinski definition) is 1. The second-order valence-corrected chi connectivity index (χ2v) is 3.29. The molecule has 0 amide bonds. The van der Waals surface area contributed by atoms with Gasteiger partial charge in [0.2, 0.25) is 0 Å². The van der Waals surface area contributed by atoms with E-state index in [2.05, 4.69) is 30.0 Å². The average Bonchev–Trinajstić information content (AvgIpc) is 2.96. The van der Waals surface area contributed by atoms with E-state index in [4.69, 9.17) is 11.6 Å². The minimum absolute atomic E-state index is 0.264. The molecule has 0 aliphatic heterocycles. The van der Waals surface area contributed by atoms with Crippen molar-refractivity contribution in [1.29, 1.82) is 0 Å². The molecule has 0 fully saturated rings. The van der Waals surface area contributed by atoms with Crippen LogP contribution in [-0.4, -0.2) is 34.7 Å². The Kier molecular flexibility index (Phi) is 2.03. The molecule has 0 atom stereocenters. The Morgan fingerprint density at radius 2 is 2.12 bits per heavy atom. The molecule has 16 heavy (non-hydrogen) atoms. The molecule has 0 saturated heterocycles. The highest BCUT2D eigenvalue weighted by molar-refractivity contribution is 6.16. The van der Waals surface area contributed by atoms with Crippen LogP contribution in [0.15, 0.2) is 19.0 Å². The molecule has 0 radical (unpaired) electrons. The maximum atomic E-state index is 5.76. The van der Waals surface area contributed by atoms with E-state index in [-0.39, 0.29) is 5.88 Å². The topological polar surface area (TPSA) is 85.2 Å². The number of alkyl halides is 1. The first kappa shape index (κ1) is 9.22. The molecule has 0 saturated carbocycles. The van der Waals surface area contributed by atoms with Gasteiger partial charge in [-0.05, 0) is 0 Å². The molecule has 1 N–H and O–H groups in total. The number of nitrogens with zero attached hydrogens (tertiary/aromatic N) is 6.